The summed E-state index contributed by atoms with van der Waals surface area (Å²) in [5.41, 5.74) is 0.871. The molecular formula is C11H17N5OS. The van der Waals surface area contributed by atoms with Gasteiger partial charge in [-0.15, -0.1) is 16.4 Å². The monoisotopic (exact) mass is 267 g/mol. The van der Waals surface area contributed by atoms with Gasteiger partial charge in [-0.3, -0.25) is 0 Å². The maximum absolute atomic E-state index is 8.77. The van der Waals surface area contributed by atoms with Crippen LogP contribution in [0.25, 0.3) is 0 Å². The lowest BCUT2D eigenvalue weighted by atomic mass is 10.4. The van der Waals surface area contributed by atoms with E-state index in [1.165, 1.54) is 4.88 Å². The lowest BCUT2D eigenvalue weighted by molar-refractivity contribution is 0.268. The number of rotatable bonds is 7. The molecule has 0 saturated carbocycles. The Morgan fingerprint density at radius 1 is 1.44 bits per heavy atom. The van der Waals surface area contributed by atoms with E-state index in [4.69, 9.17) is 5.11 Å². The predicted octanol–water partition coefficient (Wildman–Crippen LogP) is 0.579. The molecule has 0 aliphatic rings. The van der Waals surface area contributed by atoms with Crippen molar-refractivity contribution in [1.29, 1.82) is 0 Å². The van der Waals surface area contributed by atoms with Crippen molar-refractivity contribution in [3.63, 3.8) is 0 Å². The zero-order chi connectivity index (χ0) is 12.8. The molecule has 0 spiro atoms. The van der Waals surface area contributed by atoms with Crippen LogP contribution in [0.1, 0.15) is 22.5 Å². The molecular weight excluding hydrogens is 250 g/mol. The smallest absolute Gasteiger partial charge is 0.107 e. The van der Waals surface area contributed by atoms with Crippen molar-refractivity contribution >= 4 is 11.3 Å². The third-order valence-electron chi connectivity index (χ3n) is 2.45. The molecule has 7 heteroatoms. The van der Waals surface area contributed by atoms with E-state index in [1.807, 2.05) is 12.4 Å². The second-order valence-electron chi connectivity index (χ2n) is 3.87. The Morgan fingerprint density at radius 3 is 3.06 bits per heavy atom. The zero-order valence-corrected chi connectivity index (χ0v) is 11.2. The zero-order valence-electron chi connectivity index (χ0n) is 10.3. The maximum Gasteiger partial charge on any atom is 0.107 e. The third kappa shape index (κ3) is 3.59. The number of aryl methyl sites for hydroxylation is 1. The largest absolute Gasteiger partial charge is 0.394 e. The van der Waals surface area contributed by atoms with Crippen molar-refractivity contribution in [2.24, 2.45) is 0 Å². The molecule has 0 unspecified atom stereocenters. The highest BCUT2D eigenvalue weighted by Gasteiger charge is 2.02. The first-order chi connectivity index (χ1) is 8.81. The highest BCUT2D eigenvalue weighted by atomic mass is 32.1. The van der Waals surface area contributed by atoms with Crippen molar-refractivity contribution in [1.82, 2.24) is 25.3 Å². The van der Waals surface area contributed by atoms with E-state index in [-0.39, 0.29) is 6.61 Å². The molecule has 0 amide bonds. The van der Waals surface area contributed by atoms with Gasteiger partial charge in [0.05, 0.1) is 18.8 Å². The van der Waals surface area contributed by atoms with Gasteiger partial charge in [0.15, 0.2) is 0 Å². The van der Waals surface area contributed by atoms with Crippen LogP contribution < -0.4 is 5.32 Å². The Hall–Kier alpha value is -1.31. The molecule has 0 aliphatic heterocycles. The quantitative estimate of drug-likeness (QED) is 0.767. The average Bonchev–Trinajstić information content (AvgIpc) is 2.99. The number of hydrogen-bond donors (Lipinski definition) is 2. The minimum Gasteiger partial charge on any atom is -0.394 e. The summed E-state index contributed by atoms with van der Waals surface area (Å²) in [5, 5.41) is 21.1. The first-order valence-electron chi connectivity index (χ1n) is 5.96. The lowest BCUT2D eigenvalue weighted by Crippen LogP contribution is -2.12. The van der Waals surface area contributed by atoms with Crippen LogP contribution in [-0.2, 0) is 26.1 Å². The lowest BCUT2D eigenvalue weighted by Gasteiger charge is -1.98. The van der Waals surface area contributed by atoms with Crippen molar-refractivity contribution < 1.29 is 5.11 Å². The molecule has 0 bridgehead atoms. The Balaban J connectivity index is 1.77. The van der Waals surface area contributed by atoms with E-state index >= 15 is 0 Å². The van der Waals surface area contributed by atoms with Crippen LogP contribution in [-0.4, -0.2) is 31.7 Å². The molecule has 0 aliphatic carbocycles. The second-order valence-corrected chi connectivity index (χ2v) is 5.07. The van der Waals surface area contributed by atoms with E-state index < -0.39 is 0 Å². The predicted molar refractivity (Wildman–Crippen MR) is 69.1 cm³/mol. The normalized spacial score (nSPS) is 11.0. The molecule has 18 heavy (non-hydrogen) atoms. The Kier molecular flexibility index (Phi) is 4.80. The first kappa shape index (κ1) is 13.1. The fourth-order valence-electron chi connectivity index (χ4n) is 1.52. The molecule has 0 radical (unpaired) electrons. The molecule has 2 aromatic rings. The topological polar surface area (TPSA) is 75.9 Å². The van der Waals surface area contributed by atoms with Gasteiger partial charge in [0.2, 0.25) is 0 Å². The van der Waals surface area contributed by atoms with Gasteiger partial charge >= 0.3 is 0 Å². The summed E-state index contributed by atoms with van der Waals surface area (Å²) >= 11 is 1.73. The van der Waals surface area contributed by atoms with E-state index in [1.54, 1.807) is 16.0 Å². The van der Waals surface area contributed by atoms with E-state index in [0.29, 0.717) is 13.1 Å². The van der Waals surface area contributed by atoms with Crippen LogP contribution in [0, 0.1) is 0 Å². The van der Waals surface area contributed by atoms with Gasteiger partial charge in [0, 0.05) is 30.4 Å². The van der Waals surface area contributed by atoms with Gasteiger partial charge in [-0.05, 0) is 6.42 Å². The molecule has 2 rings (SSSR count). The molecule has 2 N–H and O–H groups in total. The number of nitrogens with zero attached hydrogens (tertiary/aromatic N) is 4. The molecule has 0 saturated heterocycles. The minimum atomic E-state index is 0.0785. The van der Waals surface area contributed by atoms with Crippen LogP contribution in [0.2, 0.25) is 0 Å². The van der Waals surface area contributed by atoms with E-state index in [2.05, 4.69) is 27.5 Å². The molecule has 0 aromatic carbocycles. The highest BCUT2D eigenvalue weighted by Crippen LogP contribution is 2.12. The highest BCUT2D eigenvalue weighted by molar-refractivity contribution is 7.11. The summed E-state index contributed by atoms with van der Waals surface area (Å²) < 4.78 is 1.63. The summed E-state index contributed by atoms with van der Waals surface area (Å²) in [6.07, 6.45) is 4.80. The van der Waals surface area contributed by atoms with Gasteiger partial charge in [0.1, 0.15) is 5.01 Å². The molecule has 6 nitrogen and oxygen atoms in total. The summed E-state index contributed by atoms with van der Waals surface area (Å²) in [6, 6.07) is 0. The van der Waals surface area contributed by atoms with Crippen LogP contribution in [0.5, 0.6) is 0 Å². The second kappa shape index (κ2) is 6.58. The van der Waals surface area contributed by atoms with Crippen LogP contribution in [0.15, 0.2) is 12.4 Å². The number of hydrogen-bond acceptors (Lipinski definition) is 6. The average molecular weight is 267 g/mol. The molecule has 0 fully saturated rings. The number of aliphatic hydroxyl groups excluding tert-OH is 1. The van der Waals surface area contributed by atoms with E-state index in [0.717, 1.165) is 23.7 Å². The molecule has 2 heterocycles. The summed E-state index contributed by atoms with van der Waals surface area (Å²) in [4.78, 5) is 5.64. The maximum atomic E-state index is 8.77. The molecule has 0 atom stereocenters. The SMILES string of the molecule is CCc1cnc(CNCc2cn(CCO)nn2)s1. The van der Waals surface area contributed by atoms with Gasteiger partial charge in [-0.25, -0.2) is 9.67 Å². The van der Waals surface area contributed by atoms with Gasteiger partial charge in [0.25, 0.3) is 0 Å². The Morgan fingerprint density at radius 2 is 2.33 bits per heavy atom. The van der Waals surface area contributed by atoms with Crippen LogP contribution in [0.3, 0.4) is 0 Å². The number of aliphatic hydroxyl groups is 1. The summed E-state index contributed by atoms with van der Waals surface area (Å²) in [5.74, 6) is 0. The number of thiazole rings is 1. The standard InChI is InChI=1S/C11H17N5OS/c1-2-10-6-13-11(18-10)7-12-5-9-8-16(3-4-17)15-14-9/h6,8,12,17H,2-5,7H2,1H3. The van der Waals surface area contributed by atoms with Crippen LogP contribution >= 0.6 is 11.3 Å². The summed E-state index contributed by atoms with van der Waals surface area (Å²) in [6.45, 7) is 4.10. The summed E-state index contributed by atoms with van der Waals surface area (Å²) in [7, 11) is 0. The van der Waals surface area contributed by atoms with Gasteiger partial charge in [-0.2, -0.15) is 0 Å². The number of nitrogens with one attached hydrogen (secondary N) is 1. The molecule has 2 aromatic heterocycles. The van der Waals surface area contributed by atoms with E-state index in [9.17, 15) is 0 Å². The molecule has 98 valence electrons. The van der Waals surface area contributed by atoms with Crippen molar-refractivity contribution in [2.45, 2.75) is 33.0 Å². The number of aromatic nitrogens is 4. The van der Waals surface area contributed by atoms with Gasteiger partial charge in [-0.1, -0.05) is 12.1 Å². The van der Waals surface area contributed by atoms with Crippen molar-refractivity contribution in [2.75, 3.05) is 6.61 Å². The fraction of sp³-hybridized carbons (Fsp3) is 0.545. The Labute approximate surface area is 110 Å². The minimum absolute atomic E-state index is 0.0785. The Bertz CT molecular complexity index is 481. The van der Waals surface area contributed by atoms with Crippen molar-refractivity contribution in [3.05, 3.63) is 28.0 Å². The van der Waals surface area contributed by atoms with Gasteiger partial charge < -0.3 is 10.4 Å². The fourth-order valence-corrected chi connectivity index (χ4v) is 2.35. The third-order valence-corrected chi connectivity index (χ3v) is 3.59. The van der Waals surface area contributed by atoms with Crippen molar-refractivity contribution in [3.8, 4) is 0 Å². The van der Waals surface area contributed by atoms with Crippen LogP contribution in [0.4, 0.5) is 0 Å². The first-order valence-corrected chi connectivity index (χ1v) is 6.77.